The lowest BCUT2D eigenvalue weighted by Crippen LogP contribution is -2.43. The Morgan fingerprint density at radius 2 is 2.00 bits per heavy atom. The first-order valence-electron chi connectivity index (χ1n) is 7.26. The fourth-order valence-corrected chi connectivity index (χ4v) is 3.16. The van der Waals surface area contributed by atoms with Gasteiger partial charge in [0.2, 0.25) is 5.91 Å². The van der Waals surface area contributed by atoms with Gasteiger partial charge in [0, 0.05) is 12.1 Å². The highest BCUT2D eigenvalue weighted by atomic mass is 16.5. The number of aryl methyl sites for hydroxylation is 2. The number of hydrogen-bond acceptors (Lipinski definition) is 3. The van der Waals surface area contributed by atoms with Crippen LogP contribution in [-0.4, -0.2) is 41.1 Å². The highest BCUT2D eigenvalue weighted by molar-refractivity contribution is 5.90. The van der Waals surface area contributed by atoms with Crippen LogP contribution in [0.5, 0.6) is 5.75 Å². The average molecular weight is 289 g/mol. The van der Waals surface area contributed by atoms with Crippen LogP contribution < -0.4 is 4.74 Å². The smallest absolute Gasteiger partial charge is 0.326 e. The number of rotatable bonds is 2. The van der Waals surface area contributed by atoms with Gasteiger partial charge in [-0.15, -0.1) is 0 Å². The normalized spacial score (nSPS) is 23.8. The summed E-state index contributed by atoms with van der Waals surface area (Å²) in [5.74, 6) is -0.663. The lowest BCUT2D eigenvalue weighted by atomic mass is 9.95. The zero-order valence-electron chi connectivity index (χ0n) is 12.3. The van der Waals surface area contributed by atoms with Crippen molar-refractivity contribution >= 4 is 11.9 Å². The van der Waals surface area contributed by atoms with Crippen molar-refractivity contribution in [2.75, 3.05) is 13.2 Å². The van der Waals surface area contributed by atoms with Gasteiger partial charge in [-0.25, -0.2) is 4.79 Å². The first kappa shape index (κ1) is 13.9. The molecule has 1 saturated heterocycles. The number of nitrogens with zero attached hydrogens (tertiary/aromatic N) is 1. The van der Waals surface area contributed by atoms with E-state index in [1.807, 2.05) is 26.0 Å². The summed E-state index contributed by atoms with van der Waals surface area (Å²) in [7, 11) is 0. The quantitative estimate of drug-likeness (QED) is 0.902. The van der Waals surface area contributed by atoms with E-state index in [9.17, 15) is 14.7 Å². The molecule has 1 N–H and O–H groups in total. The fourth-order valence-electron chi connectivity index (χ4n) is 3.16. The SMILES string of the molecule is Cc1cc2c(cc1C)C(C(=O)N1CCC[C@@H]1C(=O)O)CO2. The van der Waals surface area contributed by atoms with E-state index < -0.39 is 12.0 Å². The number of carbonyl (C=O) groups excluding carboxylic acids is 1. The van der Waals surface area contributed by atoms with Crippen LogP contribution in [0.2, 0.25) is 0 Å². The molecule has 5 nitrogen and oxygen atoms in total. The lowest BCUT2D eigenvalue weighted by molar-refractivity contribution is -0.148. The fraction of sp³-hybridized carbons (Fsp3) is 0.500. The number of carboxylic acid groups (broad SMARTS) is 1. The Balaban J connectivity index is 1.88. The summed E-state index contributed by atoms with van der Waals surface area (Å²) in [6.45, 7) is 4.84. The summed E-state index contributed by atoms with van der Waals surface area (Å²) >= 11 is 0. The molecule has 1 aromatic carbocycles. The molecule has 0 aromatic heterocycles. The van der Waals surface area contributed by atoms with Crippen molar-refractivity contribution in [3.8, 4) is 5.75 Å². The van der Waals surface area contributed by atoms with Crippen molar-refractivity contribution < 1.29 is 19.4 Å². The number of amides is 1. The van der Waals surface area contributed by atoms with Crippen molar-refractivity contribution in [2.24, 2.45) is 0 Å². The van der Waals surface area contributed by atoms with Gasteiger partial charge in [0.15, 0.2) is 0 Å². The number of hydrogen-bond donors (Lipinski definition) is 1. The molecule has 2 aliphatic heterocycles. The van der Waals surface area contributed by atoms with Crippen LogP contribution in [0.15, 0.2) is 12.1 Å². The Labute approximate surface area is 123 Å². The maximum atomic E-state index is 12.7. The molecule has 112 valence electrons. The third-order valence-corrected chi connectivity index (χ3v) is 4.53. The molecular weight excluding hydrogens is 270 g/mol. The van der Waals surface area contributed by atoms with Gasteiger partial charge >= 0.3 is 5.97 Å². The number of carbonyl (C=O) groups is 2. The maximum absolute atomic E-state index is 12.7. The molecule has 21 heavy (non-hydrogen) atoms. The number of ether oxygens (including phenoxy) is 1. The standard InChI is InChI=1S/C16H19NO4/c1-9-6-11-12(8-21-14(11)7-10(9)2)15(18)17-5-3-4-13(17)16(19)20/h6-7,12-13H,3-5,8H2,1-2H3,(H,19,20)/t12?,13-/m1/s1. The molecule has 3 rings (SSSR count). The molecular formula is C16H19NO4. The molecule has 0 aliphatic carbocycles. The molecule has 1 fully saturated rings. The Kier molecular flexibility index (Phi) is 3.35. The van der Waals surface area contributed by atoms with Crippen molar-refractivity contribution in [3.63, 3.8) is 0 Å². The Morgan fingerprint density at radius 1 is 1.29 bits per heavy atom. The summed E-state index contributed by atoms with van der Waals surface area (Å²) < 4.78 is 5.63. The van der Waals surface area contributed by atoms with Gasteiger partial charge in [-0.05, 0) is 43.9 Å². The topological polar surface area (TPSA) is 66.8 Å². The van der Waals surface area contributed by atoms with Crippen LogP contribution in [0.25, 0.3) is 0 Å². The van der Waals surface area contributed by atoms with Gasteiger partial charge in [-0.1, -0.05) is 6.07 Å². The van der Waals surface area contributed by atoms with E-state index in [-0.39, 0.29) is 11.8 Å². The Morgan fingerprint density at radius 3 is 2.71 bits per heavy atom. The summed E-state index contributed by atoms with van der Waals surface area (Å²) in [4.78, 5) is 25.5. The van der Waals surface area contributed by atoms with E-state index in [1.165, 1.54) is 4.90 Å². The maximum Gasteiger partial charge on any atom is 0.326 e. The monoisotopic (exact) mass is 289 g/mol. The molecule has 2 aliphatic rings. The van der Waals surface area contributed by atoms with Gasteiger partial charge in [0.05, 0.1) is 0 Å². The minimum atomic E-state index is -0.917. The van der Waals surface area contributed by atoms with Crippen LogP contribution in [0.4, 0.5) is 0 Å². The Hall–Kier alpha value is -2.04. The highest BCUT2D eigenvalue weighted by Gasteiger charge is 2.40. The van der Waals surface area contributed by atoms with Crippen molar-refractivity contribution in [1.82, 2.24) is 4.90 Å². The second kappa shape index (κ2) is 5.06. The van der Waals surface area contributed by atoms with Crippen LogP contribution in [0.1, 0.15) is 35.4 Å². The third kappa shape index (κ3) is 2.26. The van der Waals surface area contributed by atoms with Gasteiger partial charge in [-0.3, -0.25) is 4.79 Å². The van der Waals surface area contributed by atoms with E-state index in [4.69, 9.17) is 4.74 Å². The van der Waals surface area contributed by atoms with Gasteiger partial charge in [-0.2, -0.15) is 0 Å². The molecule has 1 aromatic rings. The van der Waals surface area contributed by atoms with Crippen LogP contribution in [0.3, 0.4) is 0 Å². The zero-order valence-corrected chi connectivity index (χ0v) is 12.3. The van der Waals surface area contributed by atoms with Crippen LogP contribution >= 0.6 is 0 Å². The molecule has 0 spiro atoms. The summed E-state index contributed by atoms with van der Waals surface area (Å²) in [6.07, 6.45) is 1.28. The number of benzene rings is 1. The van der Waals surface area contributed by atoms with Crippen molar-refractivity contribution in [3.05, 3.63) is 28.8 Å². The van der Waals surface area contributed by atoms with E-state index in [1.54, 1.807) is 0 Å². The lowest BCUT2D eigenvalue weighted by Gasteiger charge is -2.24. The predicted octanol–water partition coefficient (Wildman–Crippen LogP) is 1.86. The van der Waals surface area contributed by atoms with E-state index >= 15 is 0 Å². The molecule has 0 radical (unpaired) electrons. The molecule has 2 atom stereocenters. The number of likely N-dealkylation sites (tertiary alicyclic amines) is 1. The highest BCUT2D eigenvalue weighted by Crippen LogP contribution is 2.38. The molecule has 0 saturated carbocycles. The van der Waals surface area contributed by atoms with E-state index in [0.29, 0.717) is 19.6 Å². The van der Waals surface area contributed by atoms with Crippen molar-refractivity contribution in [1.29, 1.82) is 0 Å². The zero-order chi connectivity index (χ0) is 15.1. The Bertz CT molecular complexity index is 611. The molecule has 2 heterocycles. The van der Waals surface area contributed by atoms with Crippen molar-refractivity contribution in [2.45, 2.75) is 38.6 Å². The third-order valence-electron chi connectivity index (χ3n) is 4.53. The van der Waals surface area contributed by atoms with Gasteiger partial charge in [0.25, 0.3) is 0 Å². The molecule has 1 amide bonds. The minimum Gasteiger partial charge on any atom is -0.492 e. The van der Waals surface area contributed by atoms with E-state index in [0.717, 1.165) is 28.9 Å². The van der Waals surface area contributed by atoms with E-state index in [2.05, 4.69) is 0 Å². The average Bonchev–Trinajstić information content (AvgIpc) is 3.05. The van der Waals surface area contributed by atoms with Crippen LogP contribution in [0, 0.1) is 13.8 Å². The van der Waals surface area contributed by atoms with Crippen LogP contribution in [-0.2, 0) is 9.59 Å². The van der Waals surface area contributed by atoms with Gasteiger partial charge in [0.1, 0.15) is 24.3 Å². The second-order valence-electron chi connectivity index (χ2n) is 5.87. The predicted molar refractivity (Wildman–Crippen MR) is 76.5 cm³/mol. The summed E-state index contributed by atoms with van der Waals surface area (Å²) in [5, 5.41) is 9.23. The molecule has 0 bridgehead atoms. The van der Waals surface area contributed by atoms with Gasteiger partial charge < -0.3 is 14.7 Å². The number of aliphatic carboxylic acids is 1. The first-order chi connectivity index (χ1) is 9.99. The second-order valence-corrected chi connectivity index (χ2v) is 5.87. The largest absolute Gasteiger partial charge is 0.492 e. The number of fused-ring (bicyclic) bond motifs is 1. The number of carboxylic acids is 1. The molecule has 1 unspecified atom stereocenters. The summed E-state index contributed by atoms with van der Waals surface area (Å²) in [6, 6.07) is 3.26. The first-order valence-corrected chi connectivity index (χ1v) is 7.26. The summed E-state index contributed by atoms with van der Waals surface area (Å²) in [5.41, 5.74) is 3.14. The minimum absolute atomic E-state index is 0.123. The molecule has 5 heteroatoms.